The molecule has 1 N–H and O–H groups in total. The molecule has 0 aliphatic rings. The van der Waals surface area contributed by atoms with E-state index in [1.807, 2.05) is 0 Å². The van der Waals surface area contributed by atoms with Gasteiger partial charge >= 0.3 is 0 Å². The molecule has 0 amide bonds. The Labute approximate surface area is 102 Å². The van der Waals surface area contributed by atoms with Crippen LogP contribution in [0, 0.1) is 10.1 Å². The molecule has 2 aromatic rings. The van der Waals surface area contributed by atoms with Crippen LogP contribution in [0.1, 0.15) is 6.92 Å². The van der Waals surface area contributed by atoms with Crippen LogP contribution in [0.5, 0.6) is 0 Å². The van der Waals surface area contributed by atoms with Crippen LogP contribution in [0.2, 0.25) is 5.02 Å². The van der Waals surface area contributed by atoms with Gasteiger partial charge in [0.2, 0.25) is 0 Å². The van der Waals surface area contributed by atoms with Gasteiger partial charge in [-0.25, -0.2) is 0 Å². The topological polar surface area (TPSA) is 81.2 Å². The minimum absolute atomic E-state index is 0.0735. The number of fused-ring (bicyclic) bond motifs is 1. The average molecular weight is 256 g/mol. The average Bonchev–Trinajstić information content (AvgIpc) is 2.61. The van der Waals surface area contributed by atoms with E-state index in [0.717, 1.165) is 0 Å². The number of benzene rings is 1. The molecule has 0 aliphatic carbocycles. The minimum Gasteiger partial charge on any atom is -0.391 e. The second-order valence-electron chi connectivity index (χ2n) is 3.76. The summed E-state index contributed by atoms with van der Waals surface area (Å²) in [5, 5.41) is 24.6. The molecule has 1 atom stereocenters. The molecule has 0 aliphatic heterocycles. The van der Waals surface area contributed by atoms with E-state index in [0.29, 0.717) is 17.4 Å². The Balaban J connectivity index is 2.58. The van der Waals surface area contributed by atoms with Crippen molar-refractivity contribution in [1.82, 2.24) is 9.78 Å². The van der Waals surface area contributed by atoms with E-state index in [-0.39, 0.29) is 10.7 Å². The number of aliphatic hydroxyl groups is 1. The van der Waals surface area contributed by atoms with Crippen molar-refractivity contribution >= 4 is 28.2 Å². The van der Waals surface area contributed by atoms with Crippen molar-refractivity contribution in [1.29, 1.82) is 0 Å². The Bertz CT molecular complexity index is 579. The number of aliphatic hydroxyl groups excluding tert-OH is 1. The first-order chi connectivity index (χ1) is 8.00. The molecule has 0 saturated heterocycles. The number of halogens is 1. The molecule has 6 nitrogen and oxygen atoms in total. The minimum atomic E-state index is -0.549. The number of nitro benzene ring substituents is 1. The van der Waals surface area contributed by atoms with Gasteiger partial charge in [-0.2, -0.15) is 5.10 Å². The smallest absolute Gasteiger partial charge is 0.288 e. The van der Waals surface area contributed by atoms with Crippen LogP contribution in [0.3, 0.4) is 0 Å². The van der Waals surface area contributed by atoms with Crippen LogP contribution in [-0.4, -0.2) is 25.9 Å². The van der Waals surface area contributed by atoms with Crippen LogP contribution < -0.4 is 0 Å². The summed E-state index contributed by atoms with van der Waals surface area (Å²) < 4.78 is 1.57. The number of aromatic nitrogens is 2. The molecule has 1 heterocycles. The second-order valence-corrected chi connectivity index (χ2v) is 4.14. The summed E-state index contributed by atoms with van der Waals surface area (Å²) in [7, 11) is 0. The van der Waals surface area contributed by atoms with Crippen molar-refractivity contribution in [2.24, 2.45) is 0 Å². The molecular weight excluding hydrogens is 246 g/mol. The standard InChI is InChI=1S/C10H10ClN3O3/c1-6(15)5-13-8-2-3-9(14(16)17)10(11)7(8)4-12-13/h2-4,6,15H,5H2,1H3/t6-/m1/s1. The lowest BCUT2D eigenvalue weighted by Gasteiger charge is -2.05. The largest absolute Gasteiger partial charge is 0.391 e. The summed E-state index contributed by atoms with van der Waals surface area (Å²) in [4.78, 5) is 10.2. The summed E-state index contributed by atoms with van der Waals surface area (Å²) >= 11 is 5.93. The maximum Gasteiger partial charge on any atom is 0.288 e. The molecule has 2 rings (SSSR count). The Morgan fingerprint density at radius 2 is 2.35 bits per heavy atom. The first-order valence-electron chi connectivity index (χ1n) is 4.97. The van der Waals surface area contributed by atoms with E-state index in [1.54, 1.807) is 17.7 Å². The Morgan fingerprint density at radius 3 is 2.94 bits per heavy atom. The highest BCUT2D eigenvalue weighted by molar-refractivity contribution is 6.37. The van der Waals surface area contributed by atoms with Gasteiger partial charge in [0, 0.05) is 11.5 Å². The number of rotatable bonds is 3. The number of nitrogens with zero attached hydrogens (tertiary/aromatic N) is 3. The summed E-state index contributed by atoms with van der Waals surface area (Å²) in [6, 6.07) is 2.92. The van der Waals surface area contributed by atoms with E-state index in [2.05, 4.69) is 5.10 Å². The zero-order valence-electron chi connectivity index (χ0n) is 9.00. The highest BCUT2D eigenvalue weighted by atomic mass is 35.5. The Hall–Kier alpha value is -1.66. The summed E-state index contributed by atoms with van der Waals surface area (Å²) in [5.41, 5.74) is 0.525. The third-order valence-corrected chi connectivity index (χ3v) is 2.77. The van der Waals surface area contributed by atoms with Crippen LogP contribution in [0.25, 0.3) is 10.9 Å². The molecular formula is C10H10ClN3O3. The van der Waals surface area contributed by atoms with Gasteiger partial charge in [-0.05, 0) is 13.0 Å². The molecule has 0 unspecified atom stereocenters. The highest BCUT2D eigenvalue weighted by Gasteiger charge is 2.17. The number of hydrogen-bond donors (Lipinski definition) is 1. The molecule has 0 spiro atoms. The van der Waals surface area contributed by atoms with Crippen LogP contribution in [0.15, 0.2) is 18.3 Å². The molecule has 0 bridgehead atoms. The van der Waals surface area contributed by atoms with Gasteiger partial charge in [0.05, 0.1) is 29.3 Å². The van der Waals surface area contributed by atoms with Gasteiger partial charge in [0.15, 0.2) is 0 Å². The Kier molecular flexibility index (Phi) is 2.99. The SMILES string of the molecule is C[C@@H](O)Cn1ncc2c(Cl)c([N+](=O)[O-])ccc21. The molecule has 7 heteroatoms. The zero-order valence-corrected chi connectivity index (χ0v) is 9.76. The lowest BCUT2D eigenvalue weighted by Crippen LogP contribution is -2.12. The van der Waals surface area contributed by atoms with Crippen molar-refractivity contribution in [2.45, 2.75) is 19.6 Å². The monoisotopic (exact) mass is 255 g/mol. The molecule has 0 radical (unpaired) electrons. The molecule has 0 saturated carbocycles. The molecule has 0 fully saturated rings. The third-order valence-electron chi connectivity index (χ3n) is 2.37. The molecule has 1 aromatic heterocycles. The van der Waals surface area contributed by atoms with E-state index in [1.165, 1.54) is 12.3 Å². The van der Waals surface area contributed by atoms with Crippen LogP contribution >= 0.6 is 11.6 Å². The molecule has 17 heavy (non-hydrogen) atoms. The number of nitro groups is 1. The third kappa shape index (κ3) is 2.09. The van der Waals surface area contributed by atoms with E-state index < -0.39 is 11.0 Å². The van der Waals surface area contributed by atoms with Gasteiger partial charge < -0.3 is 5.11 Å². The Morgan fingerprint density at radius 1 is 1.65 bits per heavy atom. The number of hydrogen-bond acceptors (Lipinski definition) is 4. The molecule has 90 valence electrons. The fraction of sp³-hybridized carbons (Fsp3) is 0.300. The lowest BCUT2D eigenvalue weighted by atomic mass is 10.2. The first-order valence-corrected chi connectivity index (χ1v) is 5.35. The quantitative estimate of drug-likeness (QED) is 0.672. The van der Waals surface area contributed by atoms with Crippen molar-refractivity contribution < 1.29 is 10.0 Å². The van der Waals surface area contributed by atoms with E-state index >= 15 is 0 Å². The first kappa shape index (κ1) is 11.8. The van der Waals surface area contributed by atoms with Gasteiger partial charge in [0.1, 0.15) is 5.02 Å². The fourth-order valence-corrected chi connectivity index (χ4v) is 1.92. The van der Waals surface area contributed by atoms with E-state index in [4.69, 9.17) is 11.6 Å². The lowest BCUT2D eigenvalue weighted by molar-refractivity contribution is -0.384. The van der Waals surface area contributed by atoms with Gasteiger partial charge in [-0.15, -0.1) is 0 Å². The van der Waals surface area contributed by atoms with Gasteiger partial charge in [-0.1, -0.05) is 11.6 Å². The van der Waals surface area contributed by atoms with E-state index in [9.17, 15) is 15.2 Å². The van der Waals surface area contributed by atoms with Crippen molar-refractivity contribution in [3.8, 4) is 0 Å². The summed E-state index contributed by atoms with van der Waals surface area (Å²) in [6.45, 7) is 1.96. The fourth-order valence-electron chi connectivity index (χ4n) is 1.65. The van der Waals surface area contributed by atoms with Gasteiger partial charge in [-0.3, -0.25) is 14.8 Å². The van der Waals surface area contributed by atoms with Gasteiger partial charge in [0.25, 0.3) is 5.69 Å². The molecule has 1 aromatic carbocycles. The zero-order chi connectivity index (χ0) is 12.6. The van der Waals surface area contributed by atoms with Crippen LogP contribution in [0.4, 0.5) is 5.69 Å². The van der Waals surface area contributed by atoms with Crippen molar-refractivity contribution in [2.75, 3.05) is 0 Å². The van der Waals surface area contributed by atoms with Crippen LogP contribution in [-0.2, 0) is 6.54 Å². The van der Waals surface area contributed by atoms with Crippen molar-refractivity contribution in [3.63, 3.8) is 0 Å². The normalized spacial score (nSPS) is 12.9. The predicted molar refractivity (Wildman–Crippen MR) is 63.1 cm³/mol. The maximum atomic E-state index is 10.7. The van der Waals surface area contributed by atoms with Crippen molar-refractivity contribution in [3.05, 3.63) is 33.5 Å². The predicted octanol–water partition coefficient (Wildman–Crippen LogP) is 1.98. The second kappa shape index (κ2) is 4.31. The maximum absolute atomic E-state index is 10.7. The summed E-state index contributed by atoms with van der Waals surface area (Å²) in [6.07, 6.45) is 0.916. The highest BCUT2D eigenvalue weighted by Crippen LogP contribution is 2.32. The summed E-state index contributed by atoms with van der Waals surface area (Å²) in [5.74, 6) is 0.